The molecule has 1 heteroatoms. The minimum absolute atomic E-state index is 0.226. The zero-order valence-corrected chi connectivity index (χ0v) is 12.7. The van der Waals surface area contributed by atoms with Crippen molar-refractivity contribution in [3.8, 4) is 0 Å². The molecule has 0 saturated heterocycles. The molecule has 0 heterocycles. The normalized spacial score (nSPS) is 34.9. The first-order valence-electron chi connectivity index (χ1n) is 7.91. The number of hydrogen-bond donors (Lipinski definition) is 1. The molecule has 0 bridgehead atoms. The zero-order chi connectivity index (χ0) is 13.5. The molecule has 0 spiro atoms. The average molecular weight is 252 g/mol. The highest BCUT2D eigenvalue weighted by molar-refractivity contribution is 4.98. The maximum absolute atomic E-state index is 9.94. The Morgan fingerprint density at radius 3 is 2.56 bits per heavy atom. The minimum atomic E-state index is -0.226. The first-order chi connectivity index (χ1) is 8.54. The lowest BCUT2D eigenvalue weighted by Crippen LogP contribution is -2.27. The fraction of sp³-hybridized carbons (Fsp3) is 0.882. The summed E-state index contributed by atoms with van der Waals surface area (Å²) in [6, 6.07) is 0. The number of hydrogen-bond acceptors (Lipinski definition) is 1. The monoisotopic (exact) mass is 252 g/mol. The maximum atomic E-state index is 9.94. The number of aliphatic hydroxyl groups is 1. The van der Waals surface area contributed by atoms with Gasteiger partial charge >= 0.3 is 0 Å². The van der Waals surface area contributed by atoms with E-state index in [2.05, 4.69) is 39.8 Å². The van der Waals surface area contributed by atoms with Crippen LogP contribution in [0.4, 0.5) is 0 Å². The summed E-state index contributed by atoms with van der Waals surface area (Å²) in [5.41, 5.74) is 0. The van der Waals surface area contributed by atoms with Crippen molar-refractivity contribution in [2.45, 2.75) is 72.3 Å². The second kappa shape index (κ2) is 7.99. The van der Waals surface area contributed by atoms with E-state index in [1.165, 1.54) is 25.7 Å². The Kier molecular flexibility index (Phi) is 6.99. The average Bonchev–Trinajstić information content (AvgIpc) is 2.32. The van der Waals surface area contributed by atoms with Gasteiger partial charge in [0.05, 0.1) is 6.10 Å². The number of rotatable bonds is 6. The molecule has 1 aliphatic rings. The topological polar surface area (TPSA) is 20.2 Å². The molecule has 0 aromatic carbocycles. The van der Waals surface area contributed by atoms with Gasteiger partial charge in [0, 0.05) is 0 Å². The summed E-state index contributed by atoms with van der Waals surface area (Å²) < 4.78 is 0. The Morgan fingerprint density at radius 1 is 1.17 bits per heavy atom. The van der Waals surface area contributed by atoms with Gasteiger partial charge in [-0.2, -0.15) is 0 Å². The Hall–Kier alpha value is -0.300. The Labute approximate surface area is 114 Å². The largest absolute Gasteiger partial charge is 0.389 e. The van der Waals surface area contributed by atoms with Crippen LogP contribution in [0.5, 0.6) is 0 Å². The molecule has 0 aromatic heterocycles. The fourth-order valence-electron chi connectivity index (χ4n) is 3.27. The summed E-state index contributed by atoms with van der Waals surface area (Å²) in [6.07, 6.45) is 11.3. The maximum Gasteiger partial charge on any atom is 0.0721 e. The predicted molar refractivity (Wildman–Crippen MR) is 79.5 cm³/mol. The van der Waals surface area contributed by atoms with E-state index >= 15 is 0 Å². The first-order valence-corrected chi connectivity index (χ1v) is 7.91. The molecule has 0 aromatic rings. The third-order valence-electron chi connectivity index (χ3n) is 4.71. The van der Waals surface area contributed by atoms with Crippen molar-refractivity contribution in [1.82, 2.24) is 0 Å². The minimum Gasteiger partial charge on any atom is -0.389 e. The van der Waals surface area contributed by atoms with Crippen molar-refractivity contribution in [3.05, 3.63) is 12.2 Å². The second-order valence-electron chi connectivity index (χ2n) is 6.52. The summed E-state index contributed by atoms with van der Waals surface area (Å²) in [5, 5.41) is 9.94. The van der Waals surface area contributed by atoms with Gasteiger partial charge in [-0.25, -0.2) is 0 Å². The van der Waals surface area contributed by atoms with Crippen LogP contribution in [0.3, 0.4) is 0 Å². The summed E-state index contributed by atoms with van der Waals surface area (Å²) in [7, 11) is 0. The van der Waals surface area contributed by atoms with E-state index in [0.717, 1.165) is 30.6 Å². The SMILES string of the molecule is CCCCCC(O)C=CC1CC(C)CC(C)C1C. The molecule has 106 valence electrons. The molecule has 18 heavy (non-hydrogen) atoms. The molecule has 1 saturated carbocycles. The van der Waals surface area contributed by atoms with Crippen molar-refractivity contribution in [1.29, 1.82) is 0 Å². The molecule has 1 N–H and O–H groups in total. The highest BCUT2D eigenvalue weighted by Gasteiger charge is 2.29. The molecule has 1 aliphatic carbocycles. The molecule has 0 radical (unpaired) electrons. The van der Waals surface area contributed by atoms with Gasteiger partial charge in [-0.1, -0.05) is 59.1 Å². The van der Waals surface area contributed by atoms with Gasteiger partial charge in [0.1, 0.15) is 0 Å². The van der Waals surface area contributed by atoms with Crippen molar-refractivity contribution >= 4 is 0 Å². The van der Waals surface area contributed by atoms with E-state index in [1.54, 1.807) is 0 Å². The zero-order valence-electron chi connectivity index (χ0n) is 12.7. The van der Waals surface area contributed by atoms with Gasteiger partial charge in [0.25, 0.3) is 0 Å². The molecule has 1 nitrogen and oxygen atoms in total. The summed E-state index contributed by atoms with van der Waals surface area (Å²) in [4.78, 5) is 0. The Balaban J connectivity index is 2.39. The van der Waals surface area contributed by atoms with Crippen molar-refractivity contribution in [3.63, 3.8) is 0 Å². The van der Waals surface area contributed by atoms with Crippen LogP contribution in [0.1, 0.15) is 66.2 Å². The van der Waals surface area contributed by atoms with E-state index in [4.69, 9.17) is 0 Å². The van der Waals surface area contributed by atoms with E-state index < -0.39 is 0 Å². The van der Waals surface area contributed by atoms with Crippen LogP contribution in [0, 0.1) is 23.7 Å². The lowest BCUT2D eigenvalue weighted by atomic mass is 9.69. The molecule has 5 unspecified atom stereocenters. The van der Waals surface area contributed by atoms with Gasteiger partial charge < -0.3 is 5.11 Å². The second-order valence-corrected chi connectivity index (χ2v) is 6.52. The van der Waals surface area contributed by atoms with E-state index in [-0.39, 0.29) is 6.10 Å². The lowest BCUT2D eigenvalue weighted by molar-refractivity contribution is 0.166. The van der Waals surface area contributed by atoms with E-state index in [1.807, 2.05) is 0 Å². The molecule has 1 rings (SSSR count). The van der Waals surface area contributed by atoms with Crippen LogP contribution in [-0.2, 0) is 0 Å². The van der Waals surface area contributed by atoms with Crippen LogP contribution in [0.25, 0.3) is 0 Å². The van der Waals surface area contributed by atoms with Gasteiger partial charge in [-0.15, -0.1) is 0 Å². The van der Waals surface area contributed by atoms with E-state index in [0.29, 0.717) is 5.92 Å². The highest BCUT2D eigenvalue weighted by atomic mass is 16.3. The van der Waals surface area contributed by atoms with Crippen LogP contribution >= 0.6 is 0 Å². The number of allylic oxidation sites excluding steroid dienone is 1. The van der Waals surface area contributed by atoms with E-state index in [9.17, 15) is 5.11 Å². The fourth-order valence-corrected chi connectivity index (χ4v) is 3.27. The molecular weight excluding hydrogens is 220 g/mol. The van der Waals surface area contributed by atoms with Crippen molar-refractivity contribution < 1.29 is 5.11 Å². The summed E-state index contributed by atoms with van der Waals surface area (Å²) in [6.45, 7) is 9.31. The number of aliphatic hydroxyl groups excluding tert-OH is 1. The third-order valence-corrected chi connectivity index (χ3v) is 4.71. The molecular formula is C17H32O. The quantitative estimate of drug-likeness (QED) is 0.531. The van der Waals surface area contributed by atoms with Crippen LogP contribution in [-0.4, -0.2) is 11.2 Å². The van der Waals surface area contributed by atoms with Crippen LogP contribution < -0.4 is 0 Å². The van der Waals surface area contributed by atoms with Crippen LogP contribution in [0.15, 0.2) is 12.2 Å². The van der Waals surface area contributed by atoms with Gasteiger partial charge in [-0.05, 0) is 42.9 Å². The standard InChI is InChI=1S/C17H32O/c1-5-6-7-8-17(18)10-9-16-12-13(2)11-14(3)15(16)4/h9-10,13-18H,5-8,11-12H2,1-4H3. The molecule has 5 atom stereocenters. The van der Waals surface area contributed by atoms with Gasteiger partial charge in [0.15, 0.2) is 0 Å². The first kappa shape index (κ1) is 15.8. The van der Waals surface area contributed by atoms with Crippen molar-refractivity contribution in [2.75, 3.05) is 0 Å². The molecule has 0 aliphatic heterocycles. The highest BCUT2D eigenvalue weighted by Crippen LogP contribution is 2.38. The third kappa shape index (κ3) is 5.14. The molecule has 0 amide bonds. The summed E-state index contributed by atoms with van der Waals surface area (Å²) >= 11 is 0. The Bertz CT molecular complexity index is 246. The van der Waals surface area contributed by atoms with Gasteiger partial charge in [-0.3, -0.25) is 0 Å². The molecule has 1 fully saturated rings. The summed E-state index contributed by atoms with van der Waals surface area (Å²) in [5.74, 6) is 3.09. The van der Waals surface area contributed by atoms with Crippen molar-refractivity contribution in [2.24, 2.45) is 23.7 Å². The van der Waals surface area contributed by atoms with Gasteiger partial charge in [0.2, 0.25) is 0 Å². The smallest absolute Gasteiger partial charge is 0.0721 e. The van der Waals surface area contributed by atoms with Crippen LogP contribution in [0.2, 0.25) is 0 Å². The lowest BCUT2D eigenvalue weighted by Gasteiger charge is -2.36. The Morgan fingerprint density at radius 2 is 1.89 bits per heavy atom. The number of unbranched alkanes of at least 4 members (excludes halogenated alkanes) is 2. The predicted octanol–water partition coefficient (Wildman–Crippen LogP) is 4.80.